The molecule has 0 saturated carbocycles. The highest BCUT2D eigenvalue weighted by molar-refractivity contribution is 7.91. The number of rotatable bonds is 7. The largest absolute Gasteiger partial charge is 0.376 e. The Hall–Kier alpha value is -0.900. The highest BCUT2D eigenvalue weighted by Gasteiger charge is 2.24. The molecule has 0 aromatic carbocycles. The minimum atomic E-state index is -2.82. The van der Waals surface area contributed by atoms with Crippen molar-refractivity contribution in [1.82, 2.24) is 15.1 Å². The Kier molecular flexibility index (Phi) is 9.02. The monoisotopic (exact) mass is 430 g/mol. The van der Waals surface area contributed by atoms with Crippen LogP contribution in [0.4, 0.5) is 0 Å². The van der Waals surface area contributed by atoms with E-state index in [4.69, 9.17) is 14.5 Å². The van der Waals surface area contributed by atoms with Crippen LogP contribution in [-0.2, 0) is 19.3 Å². The van der Waals surface area contributed by atoms with Crippen LogP contribution in [0.2, 0.25) is 0 Å². The molecule has 168 valence electrons. The van der Waals surface area contributed by atoms with Crippen molar-refractivity contribution in [3.63, 3.8) is 0 Å². The van der Waals surface area contributed by atoms with E-state index in [-0.39, 0.29) is 17.6 Å². The van der Waals surface area contributed by atoms with Gasteiger partial charge in [0.2, 0.25) is 0 Å². The number of nitrogens with one attached hydrogen (secondary N) is 1. The second-order valence-electron chi connectivity index (χ2n) is 8.24. The number of piperidine rings is 1. The minimum absolute atomic E-state index is 0.274. The number of nitrogens with zero attached hydrogens (tertiary/aromatic N) is 3. The Morgan fingerprint density at radius 1 is 1.14 bits per heavy atom. The molecule has 0 amide bonds. The van der Waals surface area contributed by atoms with Crippen molar-refractivity contribution < 1.29 is 17.9 Å². The lowest BCUT2D eigenvalue weighted by Crippen LogP contribution is -2.47. The van der Waals surface area contributed by atoms with E-state index in [1.165, 1.54) is 12.8 Å². The molecule has 0 spiro atoms. The van der Waals surface area contributed by atoms with Crippen molar-refractivity contribution in [2.75, 3.05) is 70.5 Å². The van der Waals surface area contributed by atoms with Crippen LogP contribution in [0.15, 0.2) is 4.99 Å². The number of likely N-dealkylation sites (tertiary alicyclic amines) is 1. The maximum Gasteiger partial charge on any atom is 0.193 e. The Bertz CT molecular complexity index is 600. The fourth-order valence-corrected chi connectivity index (χ4v) is 5.39. The smallest absolute Gasteiger partial charge is 0.193 e. The molecule has 3 aliphatic rings. The first-order valence-corrected chi connectivity index (χ1v) is 13.1. The van der Waals surface area contributed by atoms with Crippen LogP contribution in [0.25, 0.3) is 0 Å². The van der Waals surface area contributed by atoms with Crippen LogP contribution < -0.4 is 5.32 Å². The van der Waals surface area contributed by atoms with Crippen LogP contribution in [0.5, 0.6) is 0 Å². The lowest BCUT2D eigenvalue weighted by molar-refractivity contribution is -0.0721. The van der Waals surface area contributed by atoms with E-state index in [0.717, 1.165) is 64.6 Å². The lowest BCUT2D eigenvalue weighted by Gasteiger charge is -2.35. The van der Waals surface area contributed by atoms with Crippen LogP contribution in [0, 0.1) is 0 Å². The summed E-state index contributed by atoms with van der Waals surface area (Å²) in [5.41, 5.74) is 0. The zero-order valence-electron chi connectivity index (χ0n) is 17.9. The highest BCUT2D eigenvalue weighted by atomic mass is 32.2. The number of guanidine groups is 1. The maximum atomic E-state index is 11.5. The first-order valence-electron chi connectivity index (χ1n) is 11.2. The number of hydrogen-bond acceptors (Lipinski definition) is 6. The third kappa shape index (κ3) is 7.70. The first kappa shape index (κ1) is 22.8. The highest BCUT2D eigenvalue weighted by Crippen LogP contribution is 2.18. The molecule has 1 N–H and O–H groups in total. The van der Waals surface area contributed by atoms with E-state index < -0.39 is 9.84 Å². The van der Waals surface area contributed by atoms with Crippen molar-refractivity contribution in [2.45, 2.75) is 51.2 Å². The number of sulfone groups is 1. The maximum absolute atomic E-state index is 11.5. The Morgan fingerprint density at radius 3 is 2.55 bits per heavy atom. The van der Waals surface area contributed by atoms with Gasteiger partial charge < -0.3 is 19.7 Å². The van der Waals surface area contributed by atoms with Gasteiger partial charge in [-0.1, -0.05) is 0 Å². The normalized spacial score (nSPS) is 27.1. The molecule has 3 fully saturated rings. The topological polar surface area (TPSA) is 83.5 Å². The summed E-state index contributed by atoms with van der Waals surface area (Å²) < 4.78 is 35.0. The van der Waals surface area contributed by atoms with Gasteiger partial charge in [-0.2, -0.15) is 0 Å². The molecule has 3 rings (SSSR count). The molecular weight excluding hydrogens is 392 g/mol. The number of hydrogen-bond donors (Lipinski definition) is 1. The molecule has 8 nitrogen and oxygen atoms in total. The minimum Gasteiger partial charge on any atom is -0.376 e. The van der Waals surface area contributed by atoms with Gasteiger partial charge >= 0.3 is 0 Å². The third-order valence-corrected chi connectivity index (χ3v) is 7.59. The van der Waals surface area contributed by atoms with Crippen molar-refractivity contribution in [3.8, 4) is 0 Å². The summed E-state index contributed by atoms with van der Waals surface area (Å²) in [4.78, 5) is 9.31. The van der Waals surface area contributed by atoms with Gasteiger partial charge in [-0.25, -0.2) is 8.42 Å². The van der Waals surface area contributed by atoms with E-state index in [1.54, 1.807) is 0 Å². The molecule has 1 unspecified atom stereocenters. The van der Waals surface area contributed by atoms with Gasteiger partial charge in [0.25, 0.3) is 0 Å². The predicted octanol–water partition coefficient (Wildman–Crippen LogP) is 0.732. The first-order chi connectivity index (χ1) is 14.1. The summed E-state index contributed by atoms with van der Waals surface area (Å²) in [7, 11) is -2.82. The van der Waals surface area contributed by atoms with Crippen molar-refractivity contribution >= 4 is 15.8 Å². The van der Waals surface area contributed by atoms with E-state index in [9.17, 15) is 8.42 Å². The molecule has 3 aliphatic heterocycles. The van der Waals surface area contributed by atoms with Gasteiger partial charge in [0.15, 0.2) is 15.8 Å². The molecule has 0 aliphatic carbocycles. The van der Waals surface area contributed by atoms with E-state index in [1.807, 2.05) is 0 Å². The Balaban J connectivity index is 1.38. The van der Waals surface area contributed by atoms with E-state index >= 15 is 0 Å². The summed E-state index contributed by atoms with van der Waals surface area (Å²) in [5.74, 6) is 1.51. The SMILES string of the molecule is CCNC(=NCCN1CCS(=O)(=O)CC1)N1CCC(OCC2CCCCO2)CC1. The number of aliphatic imine (C=N–C) groups is 1. The van der Waals surface area contributed by atoms with Gasteiger partial charge in [0.1, 0.15) is 0 Å². The second kappa shape index (κ2) is 11.5. The average Bonchev–Trinajstić information content (AvgIpc) is 2.74. The number of ether oxygens (including phenoxy) is 2. The molecule has 29 heavy (non-hydrogen) atoms. The van der Waals surface area contributed by atoms with Crippen molar-refractivity contribution in [1.29, 1.82) is 0 Å². The Morgan fingerprint density at radius 2 is 1.90 bits per heavy atom. The van der Waals surface area contributed by atoms with Crippen LogP contribution in [0.1, 0.15) is 39.0 Å². The van der Waals surface area contributed by atoms with Gasteiger partial charge in [-0.15, -0.1) is 0 Å². The summed E-state index contributed by atoms with van der Waals surface area (Å²) in [5, 5.41) is 3.40. The summed E-state index contributed by atoms with van der Waals surface area (Å²) >= 11 is 0. The fraction of sp³-hybridized carbons (Fsp3) is 0.950. The van der Waals surface area contributed by atoms with Crippen molar-refractivity contribution in [2.24, 2.45) is 4.99 Å². The van der Waals surface area contributed by atoms with Gasteiger partial charge in [0, 0.05) is 45.9 Å². The lowest BCUT2D eigenvalue weighted by atomic mass is 10.1. The van der Waals surface area contributed by atoms with E-state index in [0.29, 0.717) is 25.7 Å². The van der Waals surface area contributed by atoms with Crippen molar-refractivity contribution in [3.05, 3.63) is 0 Å². The zero-order chi connectivity index (χ0) is 20.5. The molecular formula is C20H38N4O4S. The standard InChI is InChI=1S/C20H38N4O4S/c1-2-21-20(22-8-11-23-12-15-29(25,26)16-13-23)24-9-6-18(7-10-24)28-17-19-5-3-4-14-27-19/h18-19H,2-17H2,1H3,(H,21,22). The molecule has 3 saturated heterocycles. The van der Waals surface area contributed by atoms with Gasteiger partial charge in [-0.05, 0) is 39.0 Å². The average molecular weight is 431 g/mol. The molecule has 1 atom stereocenters. The molecule has 3 heterocycles. The molecule has 9 heteroatoms. The predicted molar refractivity (Wildman–Crippen MR) is 115 cm³/mol. The summed E-state index contributed by atoms with van der Waals surface area (Å²) in [6.45, 7) is 9.19. The third-order valence-electron chi connectivity index (χ3n) is 5.98. The van der Waals surface area contributed by atoms with Gasteiger partial charge in [-0.3, -0.25) is 9.89 Å². The Labute approximate surface area is 175 Å². The summed E-state index contributed by atoms with van der Waals surface area (Å²) in [6, 6.07) is 0. The zero-order valence-corrected chi connectivity index (χ0v) is 18.7. The summed E-state index contributed by atoms with van der Waals surface area (Å²) in [6.07, 6.45) is 6.18. The fourth-order valence-electron chi connectivity index (χ4n) is 4.11. The van der Waals surface area contributed by atoms with Gasteiger partial charge in [0.05, 0.1) is 36.9 Å². The quantitative estimate of drug-likeness (QED) is 0.471. The molecule has 0 bridgehead atoms. The molecule has 0 aromatic heterocycles. The molecule has 0 radical (unpaired) electrons. The molecule has 0 aromatic rings. The second-order valence-corrected chi connectivity index (χ2v) is 10.5. The van der Waals surface area contributed by atoms with Crippen LogP contribution in [0.3, 0.4) is 0 Å². The van der Waals surface area contributed by atoms with E-state index in [2.05, 4.69) is 22.0 Å². The van der Waals surface area contributed by atoms with Crippen LogP contribution in [-0.4, -0.2) is 107 Å². The van der Waals surface area contributed by atoms with Crippen LogP contribution >= 0.6 is 0 Å².